The molecule has 1 aromatic carbocycles. The molecule has 2 rings (SSSR count). The monoisotopic (exact) mass is 332 g/mol. The van der Waals surface area contributed by atoms with Crippen LogP contribution in [-0.4, -0.2) is 42.1 Å². The van der Waals surface area contributed by atoms with Gasteiger partial charge in [-0.2, -0.15) is 0 Å². The molecule has 132 valence electrons. The van der Waals surface area contributed by atoms with Gasteiger partial charge in [-0.3, -0.25) is 9.69 Å². The number of aryl methyl sites for hydroxylation is 1. The third kappa shape index (κ3) is 4.49. The van der Waals surface area contributed by atoms with Crippen molar-refractivity contribution in [2.45, 2.75) is 58.6 Å². The zero-order chi connectivity index (χ0) is 17.9. The van der Waals surface area contributed by atoms with Gasteiger partial charge in [0.15, 0.2) is 0 Å². The highest BCUT2D eigenvalue weighted by atomic mass is 16.6. The summed E-state index contributed by atoms with van der Waals surface area (Å²) in [5.74, 6) is -0.0637. The molecule has 24 heavy (non-hydrogen) atoms. The van der Waals surface area contributed by atoms with Gasteiger partial charge in [-0.15, -0.1) is 0 Å². The molecule has 5 heteroatoms. The Morgan fingerprint density at radius 3 is 2.58 bits per heavy atom. The van der Waals surface area contributed by atoms with Crippen molar-refractivity contribution >= 4 is 17.7 Å². The third-order valence-electron chi connectivity index (χ3n) is 4.14. The van der Waals surface area contributed by atoms with Crippen LogP contribution in [0.25, 0.3) is 0 Å². The van der Waals surface area contributed by atoms with Crippen molar-refractivity contribution in [3.63, 3.8) is 0 Å². The van der Waals surface area contributed by atoms with Gasteiger partial charge in [0.1, 0.15) is 11.6 Å². The van der Waals surface area contributed by atoms with Gasteiger partial charge in [0.05, 0.1) is 0 Å². The van der Waals surface area contributed by atoms with E-state index in [1.807, 2.05) is 52.0 Å². The highest BCUT2D eigenvalue weighted by Gasteiger charge is 2.36. The maximum Gasteiger partial charge on any atom is 0.410 e. The van der Waals surface area contributed by atoms with Crippen LogP contribution in [0, 0.1) is 6.92 Å². The molecule has 0 unspecified atom stereocenters. The molecule has 0 spiro atoms. The lowest BCUT2D eigenvalue weighted by atomic mass is 10.0. The quantitative estimate of drug-likeness (QED) is 0.829. The van der Waals surface area contributed by atoms with E-state index in [0.29, 0.717) is 13.0 Å². The molecular formula is C19H28N2O3. The molecule has 0 saturated carbocycles. The second kappa shape index (κ2) is 7.24. The lowest BCUT2D eigenvalue weighted by Crippen LogP contribution is -2.53. The highest BCUT2D eigenvalue weighted by Crippen LogP contribution is 2.24. The van der Waals surface area contributed by atoms with E-state index in [-0.39, 0.29) is 5.91 Å². The van der Waals surface area contributed by atoms with Crippen molar-refractivity contribution in [1.29, 1.82) is 0 Å². The number of ether oxygens (including phenoxy) is 1. The molecule has 1 aliphatic heterocycles. The van der Waals surface area contributed by atoms with Gasteiger partial charge in [0.25, 0.3) is 0 Å². The predicted molar refractivity (Wildman–Crippen MR) is 95.2 cm³/mol. The summed E-state index contributed by atoms with van der Waals surface area (Å²) < 4.78 is 5.48. The zero-order valence-electron chi connectivity index (χ0n) is 15.3. The maximum absolute atomic E-state index is 13.0. The van der Waals surface area contributed by atoms with Crippen LogP contribution in [0.1, 0.15) is 45.6 Å². The van der Waals surface area contributed by atoms with Crippen molar-refractivity contribution < 1.29 is 14.3 Å². The molecule has 5 nitrogen and oxygen atoms in total. The fraction of sp³-hybridized carbons (Fsp3) is 0.579. The number of nitrogens with zero attached hydrogens (tertiary/aromatic N) is 2. The predicted octanol–water partition coefficient (Wildman–Crippen LogP) is 3.75. The first-order valence-corrected chi connectivity index (χ1v) is 8.53. The molecule has 1 heterocycles. The number of amides is 2. The molecule has 0 bridgehead atoms. The van der Waals surface area contributed by atoms with E-state index in [2.05, 4.69) is 0 Å². The molecule has 0 radical (unpaired) electrons. The number of likely N-dealkylation sites (tertiary alicyclic amines) is 1. The maximum atomic E-state index is 13.0. The molecule has 1 aromatic rings. The number of hydrogen-bond acceptors (Lipinski definition) is 3. The van der Waals surface area contributed by atoms with E-state index >= 15 is 0 Å². The Hall–Kier alpha value is -2.04. The molecule has 0 aliphatic carbocycles. The van der Waals surface area contributed by atoms with Crippen LogP contribution < -0.4 is 4.90 Å². The van der Waals surface area contributed by atoms with Gasteiger partial charge < -0.3 is 9.64 Å². The second-order valence-electron chi connectivity index (χ2n) is 7.42. The smallest absolute Gasteiger partial charge is 0.410 e. The lowest BCUT2D eigenvalue weighted by molar-refractivity contribution is -0.124. The Morgan fingerprint density at radius 1 is 1.25 bits per heavy atom. The summed E-state index contributed by atoms with van der Waals surface area (Å²) in [6.45, 7) is 8.07. The minimum atomic E-state index is -0.565. The first kappa shape index (κ1) is 18.3. The summed E-state index contributed by atoms with van der Waals surface area (Å²) >= 11 is 0. The third-order valence-corrected chi connectivity index (χ3v) is 4.14. The number of piperidine rings is 1. The number of hydrogen-bond donors (Lipinski definition) is 0. The first-order valence-electron chi connectivity index (χ1n) is 8.53. The van der Waals surface area contributed by atoms with Crippen LogP contribution in [0.15, 0.2) is 24.3 Å². The summed E-state index contributed by atoms with van der Waals surface area (Å²) in [5, 5.41) is 0. The Balaban J connectivity index is 2.17. The number of carbonyl (C=O) groups is 2. The van der Waals surface area contributed by atoms with Gasteiger partial charge in [-0.25, -0.2) is 4.79 Å². The average Bonchev–Trinajstić information content (AvgIpc) is 2.52. The van der Waals surface area contributed by atoms with Crippen molar-refractivity contribution in [3.05, 3.63) is 29.8 Å². The minimum absolute atomic E-state index is 0.0637. The summed E-state index contributed by atoms with van der Waals surface area (Å²) in [5.41, 5.74) is 1.37. The Kier molecular flexibility index (Phi) is 5.52. The van der Waals surface area contributed by atoms with E-state index in [0.717, 1.165) is 24.1 Å². The molecule has 1 aliphatic rings. The number of anilines is 1. The Labute approximate surface area is 144 Å². The SMILES string of the molecule is Cc1cccc(N(C)C(=O)[C@H]2CCCCN2C(=O)OC(C)(C)C)c1. The Morgan fingerprint density at radius 2 is 1.96 bits per heavy atom. The molecular weight excluding hydrogens is 304 g/mol. The first-order chi connectivity index (χ1) is 11.2. The largest absolute Gasteiger partial charge is 0.444 e. The van der Waals surface area contributed by atoms with Crippen molar-refractivity contribution in [1.82, 2.24) is 4.90 Å². The van der Waals surface area contributed by atoms with E-state index in [1.54, 1.807) is 16.8 Å². The molecule has 2 amide bonds. The summed E-state index contributed by atoms with van der Waals surface area (Å²) in [6, 6.07) is 7.35. The van der Waals surface area contributed by atoms with E-state index in [4.69, 9.17) is 4.74 Å². The van der Waals surface area contributed by atoms with Gasteiger partial charge in [0, 0.05) is 19.3 Å². The van der Waals surface area contributed by atoms with Crippen LogP contribution in [0.5, 0.6) is 0 Å². The highest BCUT2D eigenvalue weighted by molar-refractivity contribution is 5.98. The van der Waals surface area contributed by atoms with Gasteiger partial charge in [0.2, 0.25) is 5.91 Å². The summed E-state index contributed by atoms with van der Waals surface area (Å²) in [4.78, 5) is 28.7. The number of likely N-dealkylation sites (N-methyl/N-ethyl adjacent to an activating group) is 1. The summed E-state index contributed by atoms with van der Waals surface area (Å²) in [7, 11) is 1.76. The normalized spacial score (nSPS) is 18.2. The molecule has 0 N–H and O–H groups in total. The van der Waals surface area contributed by atoms with Crippen LogP contribution in [-0.2, 0) is 9.53 Å². The van der Waals surface area contributed by atoms with Crippen LogP contribution >= 0.6 is 0 Å². The molecule has 0 aromatic heterocycles. The standard InChI is InChI=1S/C19H28N2O3/c1-14-9-8-10-15(13-14)20(5)17(22)16-11-6-7-12-21(16)18(23)24-19(2,3)4/h8-10,13,16H,6-7,11-12H2,1-5H3/t16-/m1/s1. The van der Waals surface area contributed by atoms with Crippen molar-refractivity contribution in [2.24, 2.45) is 0 Å². The number of benzene rings is 1. The van der Waals surface area contributed by atoms with Crippen LogP contribution in [0.3, 0.4) is 0 Å². The molecule has 1 saturated heterocycles. The zero-order valence-corrected chi connectivity index (χ0v) is 15.3. The summed E-state index contributed by atoms with van der Waals surface area (Å²) in [6.07, 6.45) is 2.11. The lowest BCUT2D eigenvalue weighted by Gasteiger charge is -2.37. The van der Waals surface area contributed by atoms with Crippen LogP contribution in [0.2, 0.25) is 0 Å². The fourth-order valence-electron chi connectivity index (χ4n) is 2.91. The number of rotatable bonds is 2. The molecule has 1 atom stereocenters. The van der Waals surface area contributed by atoms with E-state index < -0.39 is 17.7 Å². The van der Waals surface area contributed by atoms with E-state index in [1.165, 1.54) is 0 Å². The average molecular weight is 332 g/mol. The van der Waals surface area contributed by atoms with E-state index in [9.17, 15) is 9.59 Å². The van der Waals surface area contributed by atoms with Crippen LogP contribution in [0.4, 0.5) is 10.5 Å². The van der Waals surface area contributed by atoms with Gasteiger partial charge in [-0.1, -0.05) is 12.1 Å². The van der Waals surface area contributed by atoms with Crippen molar-refractivity contribution in [2.75, 3.05) is 18.5 Å². The van der Waals surface area contributed by atoms with Gasteiger partial charge >= 0.3 is 6.09 Å². The Bertz CT molecular complexity index is 607. The van der Waals surface area contributed by atoms with Gasteiger partial charge in [-0.05, 0) is 64.7 Å². The fourth-order valence-corrected chi connectivity index (χ4v) is 2.91. The molecule has 1 fully saturated rings. The topological polar surface area (TPSA) is 49.9 Å². The number of carbonyl (C=O) groups excluding carboxylic acids is 2. The minimum Gasteiger partial charge on any atom is -0.444 e. The van der Waals surface area contributed by atoms with Crippen molar-refractivity contribution in [3.8, 4) is 0 Å². The second-order valence-corrected chi connectivity index (χ2v) is 7.42.